The molecule has 0 aliphatic heterocycles. The predicted octanol–water partition coefficient (Wildman–Crippen LogP) is 4.93. The largest absolute Gasteiger partial charge is 0.268 e. The smallest absolute Gasteiger partial charge is 0.264 e. The Morgan fingerprint density at radius 1 is 1.30 bits per heavy atom. The summed E-state index contributed by atoms with van der Waals surface area (Å²) in [5, 5.41) is 7.23. The first-order valence-corrected chi connectivity index (χ1v) is 9.53. The molecule has 4 unspecified atom stereocenters. The lowest BCUT2D eigenvalue weighted by Gasteiger charge is -2.53. The molecule has 1 N–H and O–H groups in total. The van der Waals surface area contributed by atoms with E-state index in [1.807, 2.05) is 6.07 Å². The van der Waals surface area contributed by atoms with E-state index in [1.54, 1.807) is 6.07 Å². The highest BCUT2D eigenvalue weighted by Crippen LogP contribution is 2.54. The number of H-pyrrole nitrogens is 1. The highest BCUT2D eigenvalue weighted by Gasteiger charge is 2.51. The maximum atomic E-state index is 11.5. The summed E-state index contributed by atoms with van der Waals surface area (Å²) in [7, 11) is 0. The molecule has 1 fully saturated rings. The van der Waals surface area contributed by atoms with E-state index in [-0.39, 0.29) is 11.0 Å². The van der Waals surface area contributed by atoms with Gasteiger partial charge in [0.2, 0.25) is 0 Å². The molecule has 0 aromatic carbocycles. The maximum absolute atomic E-state index is 11.5. The minimum Gasteiger partial charge on any atom is -0.268 e. The SMILES string of the molecule is CCCC1CCCC(c2ccc(=O)[nH]n2)(C(C)CC)C1C(C)C. The van der Waals surface area contributed by atoms with Crippen LogP contribution in [0.15, 0.2) is 16.9 Å². The van der Waals surface area contributed by atoms with Crippen LogP contribution in [-0.4, -0.2) is 10.2 Å². The first kappa shape index (κ1) is 18.2. The number of nitrogens with zero attached hydrogens (tertiary/aromatic N) is 1. The van der Waals surface area contributed by atoms with Crippen molar-refractivity contribution in [2.45, 2.75) is 78.6 Å². The third kappa shape index (κ3) is 3.39. The van der Waals surface area contributed by atoms with Gasteiger partial charge in [-0.1, -0.05) is 66.7 Å². The van der Waals surface area contributed by atoms with Crippen LogP contribution in [0, 0.1) is 23.7 Å². The second-order valence-corrected chi connectivity index (χ2v) is 7.87. The molecular formula is C20H34N2O. The fraction of sp³-hybridized carbons (Fsp3) is 0.800. The molecule has 1 aliphatic rings. The van der Waals surface area contributed by atoms with Crippen LogP contribution in [0.1, 0.15) is 78.8 Å². The quantitative estimate of drug-likeness (QED) is 0.808. The molecule has 3 nitrogen and oxygen atoms in total. The van der Waals surface area contributed by atoms with Gasteiger partial charge in [-0.25, -0.2) is 5.10 Å². The van der Waals surface area contributed by atoms with Crippen molar-refractivity contribution in [2.24, 2.45) is 23.7 Å². The summed E-state index contributed by atoms with van der Waals surface area (Å²) < 4.78 is 0. The molecule has 130 valence electrons. The van der Waals surface area contributed by atoms with Crippen LogP contribution >= 0.6 is 0 Å². The molecule has 1 saturated carbocycles. The molecule has 0 bridgehead atoms. The molecule has 23 heavy (non-hydrogen) atoms. The number of nitrogens with one attached hydrogen (secondary N) is 1. The summed E-state index contributed by atoms with van der Waals surface area (Å²) in [6, 6.07) is 3.65. The summed E-state index contributed by atoms with van der Waals surface area (Å²) >= 11 is 0. The Hall–Kier alpha value is -1.12. The number of aromatic nitrogens is 2. The van der Waals surface area contributed by atoms with Gasteiger partial charge in [0.15, 0.2) is 0 Å². The van der Waals surface area contributed by atoms with Crippen molar-refractivity contribution in [3.63, 3.8) is 0 Å². The number of aromatic amines is 1. The van der Waals surface area contributed by atoms with Crippen LogP contribution in [0.25, 0.3) is 0 Å². The van der Waals surface area contributed by atoms with Gasteiger partial charge in [0, 0.05) is 11.5 Å². The second-order valence-electron chi connectivity index (χ2n) is 7.87. The van der Waals surface area contributed by atoms with Crippen LogP contribution in [0.5, 0.6) is 0 Å². The molecule has 4 atom stereocenters. The minimum absolute atomic E-state index is 0.102. The van der Waals surface area contributed by atoms with Gasteiger partial charge in [-0.2, -0.15) is 5.10 Å². The molecule has 1 heterocycles. The molecule has 1 aromatic heterocycles. The van der Waals surface area contributed by atoms with Gasteiger partial charge in [0.05, 0.1) is 5.69 Å². The minimum atomic E-state index is -0.102. The summed E-state index contributed by atoms with van der Waals surface area (Å²) in [4.78, 5) is 11.5. The van der Waals surface area contributed by atoms with Gasteiger partial charge < -0.3 is 0 Å². The van der Waals surface area contributed by atoms with Crippen LogP contribution in [-0.2, 0) is 5.41 Å². The van der Waals surface area contributed by atoms with E-state index in [2.05, 4.69) is 44.8 Å². The average Bonchev–Trinajstić information content (AvgIpc) is 2.54. The van der Waals surface area contributed by atoms with E-state index >= 15 is 0 Å². The van der Waals surface area contributed by atoms with Crippen LogP contribution in [0.2, 0.25) is 0 Å². The lowest BCUT2D eigenvalue weighted by molar-refractivity contribution is 0.0213. The molecule has 3 heteroatoms. The summed E-state index contributed by atoms with van der Waals surface area (Å²) in [6.45, 7) is 11.7. The topological polar surface area (TPSA) is 45.8 Å². The number of hydrogen-bond donors (Lipinski definition) is 1. The molecular weight excluding hydrogens is 284 g/mol. The zero-order valence-electron chi connectivity index (χ0n) is 15.6. The van der Waals surface area contributed by atoms with Gasteiger partial charge in [-0.3, -0.25) is 4.79 Å². The summed E-state index contributed by atoms with van der Waals surface area (Å²) in [6.07, 6.45) is 7.54. The zero-order valence-corrected chi connectivity index (χ0v) is 15.6. The van der Waals surface area contributed by atoms with Gasteiger partial charge in [0.1, 0.15) is 0 Å². The fourth-order valence-corrected chi connectivity index (χ4v) is 5.35. The third-order valence-corrected chi connectivity index (χ3v) is 6.29. The zero-order chi connectivity index (χ0) is 17.0. The average molecular weight is 319 g/mol. The van der Waals surface area contributed by atoms with E-state index in [0.29, 0.717) is 17.8 Å². The first-order valence-electron chi connectivity index (χ1n) is 9.53. The molecule has 1 aliphatic carbocycles. The summed E-state index contributed by atoms with van der Waals surface area (Å²) in [5.74, 6) is 2.63. The highest BCUT2D eigenvalue weighted by molar-refractivity contribution is 5.21. The van der Waals surface area contributed by atoms with E-state index in [1.165, 1.54) is 32.1 Å². The molecule has 0 amide bonds. The second kappa shape index (κ2) is 7.63. The van der Waals surface area contributed by atoms with Gasteiger partial charge in [-0.05, 0) is 36.2 Å². The lowest BCUT2D eigenvalue weighted by Crippen LogP contribution is -2.50. The monoisotopic (exact) mass is 318 g/mol. The molecule has 1 aromatic rings. The summed E-state index contributed by atoms with van der Waals surface area (Å²) in [5.41, 5.74) is 1.12. The third-order valence-electron chi connectivity index (χ3n) is 6.29. The highest BCUT2D eigenvalue weighted by atomic mass is 16.1. The standard InChI is InChI=1S/C20H34N2O/c1-6-9-16-10-8-13-20(15(5)7-2,19(16)14(3)4)17-11-12-18(23)22-21-17/h11-12,14-16,19H,6-10,13H2,1-5H3,(H,22,23). The predicted molar refractivity (Wildman–Crippen MR) is 96.6 cm³/mol. The van der Waals surface area contributed by atoms with Crippen molar-refractivity contribution in [1.29, 1.82) is 0 Å². The first-order chi connectivity index (χ1) is 11.0. The molecule has 0 saturated heterocycles. The van der Waals surface area contributed by atoms with Crippen molar-refractivity contribution < 1.29 is 0 Å². The van der Waals surface area contributed by atoms with E-state index in [4.69, 9.17) is 0 Å². The Labute approximate surface area is 141 Å². The number of hydrogen-bond acceptors (Lipinski definition) is 2. The maximum Gasteiger partial charge on any atom is 0.264 e. The molecule has 0 radical (unpaired) electrons. The Morgan fingerprint density at radius 2 is 2.04 bits per heavy atom. The van der Waals surface area contributed by atoms with Gasteiger partial charge in [-0.15, -0.1) is 0 Å². The van der Waals surface area contributed by atoms with Gasteiger partial charge in [0.25, 0.3) is 5.56 Å². The Morgan fingerprint density at radius 3 is 2.57 bits per heavy atom. The van der Waals surface area contributed by atoms with E-state index in [9.17, 15) is 4.79 Å². The molecule has 2 rings (SSSR count). The Balaban J connectivity index is 2.57. The van der Waals surface area contributed by atoms with Crippen molar-refractivity contribution in [1.82, 2.24) is 10.2 Å². The van der Waals surface area contributed by atoms with E-state index in [0.717, 1.165) is 18.0 Å². The van der Waals surface area contributed by atoms with Gasteiger partial charge >= 0.3 is 0 Å². The van der Waals surface area contributed by atoms with Crippen molar-refractivity contribution in [3.8, 4) is 0 Å². The van der Waals surface area contributed by atoms with E-state index < -0.39 is 0 Å². The number of rotatable bonds is 6. The van der Waals surface area contributed by atoms with Crippen molar-refractivity contribution in [3.05, 3.63) is 28.2 Å². The van der Waals surface area contributed by atoms with Crippen LogP contribution in [0.4, 0.5) is 0 Å². The van der Waals surface area contributed by atoms with Crippen molar-refractivity contribution >= 4 is 0 Å². The normalized spacial score (nSPS) is 29.7. The van der Waals surface area contributed by atoms with Crippen LogP contribution < -0.4 is 5.56 Å². The Bertz CT molecular complexity index is 528. The fourth-order valence-electron chi connectivity index (χ4n) is 5.35. The van der Waals surface area contributed by atoms with Crippen molar-refractivity contribution in [2.75, 3.05) is 0 Å². The van der Waals surface area contributed by atoms with Crippen LogP contribution in [0.3, 0.4) is 0 Å². The Kier molecular flexibility index (Phi) is 6.05. The lowest BCUT2D eigenvalue weighted by atomic mass is 9.51. The molecule has 0 spiro atoms.